The Kier molecular flexibility index (Phi) is 4.49. The molecule has 2 aromatic rings. The molecule has 1 aromatic carbocycles. The summed E-state index contributed by atoms with van der Waals surface area (Å²) in [6.45, 7) is 3.15. The van der Waals surface area contributed by atoms with Gasteiger partial charge in [-0.15, -0.1) is 0 Å². The molecule has 2 heterocycles. The molecule has 0 amide bonds. The van der Waals surface area contributed by atoms with Crippen LogP contribution in [0.25, 0.3) is 11.4 Å². The van der Waals surface area contributed by atoms with Crippen molar-refractivity contribution < 1.29 is 14.8 Å². The normalized spacial score (nSPS) is 23.6. The summed E-state index contributed by atoms with van der Waals surface area (Å²) in [5.41, 5.74) is 0.908. The van der Waals surface area contributed by atoms with E-state index in [9.17, 15) is 20.0 Å². The van der Waals surface area contributed by atoms with Crippen LogP contribution in [-0.2, 0) is 11.2 Å². The number of benzene rings is 1. The number of carboxylic acid groups (broad SMARTS) is 1. The van der Waals surface area contributed by atoms with Crippen LogP contribution in [-0.4, -0.2) is 39.1 Å². The van der Waals surface area contributed by atoms with E-state index < -0.39 is 16.3 Å². The number of non-ortho nitro benzene ring substituents is 1. The molecule has 1 saturated heterocycles. The van der Waals surface area contributed by atoms with Gasteiger partial charge in [0.25, 0.3) is 5.69 Å². The molecular formula is C20H22N4O4. The van der Waals surface area contributed by atoms with E-state index in [0.29, 0.717) is 30.9 Å². The van der Waals surface area contributed by atoms with Gasteiger partial charge in [0.15, 0.2) is 5.82 Å². The first kappa shape index (κ1) is 18.3. The molecule has 146 valence electrons. The van der Waals surface area contributed by atoms with E-state index in [-0.39, 0.29) is 11.6 Å². The highest BCUT2D eigenvalue weighted by Gasteiger charge is 2.55. The molecule has 1 aliphatic heterocycles. The Hall–Kier alpha value is -3.03. The maximum Gasteiger partial charge on any atom is 0.311 e. The summed E-state index contributed by atoms with van der Waals surface area (Å²) >= 11 is 0. The zero-order chi connectivity index (χ0) is 19.9. The minimum Gasteiger partial charge on any atom is -0.481 e. The van der Waals surface area contributed by atoms with Crippen LogP contribution in [0.1, 0.15) is 31.9 Å². The van der Waals surface area contributed by atoms with Gasteiger partial charge in [-0.2, -0.15) is 0 Å². The van der Waals surface area contributed by atoms with Gasteiger partial charge in [-0.1, -0.05) is 13.3 Å². The van der Waals surface area contributed by atoms with Gasteiger partial charge in [0.1, 0.15) is 5.82 Å². The van der Waals surface area contributed by atoms with Crippen LogP contribution in [0.4, 0.5) is 11.5 Å². The summed E-state index contributed by atoms with van der Waals surface area (Å²) in [6, 6.07) is 8.10. The van der Waals surface area contributed by atoms with Crippen LogP contribution in [0.5, 0.6) is 0 Å². The number of anilines is 1. The quantitative estimate of drug-likeness (QED) is 0.624. The second kappa shape index (κ2) is 6.85. The zero-order valence-electron chi connectivity index (χ0n) is 15.7. The van der Waals surface area contributed by atoms with Crippen LogP contribution in [0.2, 0.25) is 0 Å². The summed E-state index contributed by atoms with van der Waals surface area (Å²) in [7, 11) is 0. The molecule has 1 N–H and O–H groups in total. The summed E-state index contributed by atoms with van der Waals surface area (Å²) in [4.78, 5) is 33.7. The Morgan fingerprint density at radius 2 is 2.11 bits per heavy atom. The standard InChI is InChI=1S/C20H22N4O4/c1-2-15-10-17(23-11-14-4-3-9-20(14,12-23)19(25)26)22-18(21-15)13-5-7-16(8-6-13)24(27)28/h5-8,10,14H,2-4,9,11-12H2,1H3,(H,25,26)/t14-,20+/m0/s1. The molecule has 28 heavy (non-hydrogen) atoms. The maximum absolute atomic E-state index is 12.0. The van der Waals surface area contributed by atoms with E-state index in [2.05, 4.69) is 14.9 Å². The SMILES string of the molecule is CCc1cc(N2C[C@@H]3CCC[C@@]3(C(=O)O)C2)nc(-c2ccc([N+](=O)[O-])cc2)n1. The number of hydrogen-bond acceptors (Lipinski definition) is 6. The van der Waals surface area contributed by atoms with Gasteiger partial charge in [-0.05, 0) is 37.3 Å². The molecule has 0 bridgehead atoms. The second-order valence-corrected chi connectivity index (χ2v) is 7.63. The van der Waals surface area contributed by atoms with E-state index >= 15 is 0 Å². The molecule has 0 radical (unpaired) electrons. The predicted molar refractivity (Wildman–Crippen MR) is 103 cm³/mol. The lowest BCUT2D eigenvalue weighted by molar-refractivity contribution is -0.384. The van der Waals surface area contributed by atoms with E-state index in [4.69, 9.17) is 0 Å². The molecule has 1 aromatic heterocycles. The van der Waals surface area contributed by atoms with Crippen molar-refractivity contribution in [2.24, 2.45) is 11.3 Å². The largest absolute Gasteiger partial charge is 0.481 e. The van der Waals surface area contributed by atoms with Crippen LogP contribution < -0.4 is 4.90 Å². The molecular weight excluding hydrogens is 360 g/mol. The van der Waals surface area contributed by atoms with E-state index in [1.807, 2.05) is 13.0 Å². The number of carboxylic acids is 1. The third-order valence-electron chi connectivity index (χ3n) is 6.08. The Bertz CT molecular complexity index is 930. The lowest BCUT2D eigenvalue weighted by Crippen LogP contribution is -2.35. The first-order chi connectivity index (χ1) is 13.4. The van der Waals surface area contributed by atoms with E-state index in [1.165, 1.54) is 12.1 Å². The fraction of sp³-hybridized carbons (Fsp3) is 0.450. The number of aliphatic carboxylic acids is 1. The number of nitro benzene ring substituents is 1. The third kappa shape index (κ3) is 2.98. The second-order valence-electron chi connectivity index (χ2n) is 7.63. The Labute approximate surface area is 162 Å². The lowest BCUT2D eigenvalue weighted by Gasteiger charge is -2.24. The minimum absolute atomic E-state index is 0.0198. The number of carbonyl (C=O) groups is 1. The monoisotopic (exact) mass is 382 g/mol. The lowest BCUT2D eigenvalue weighted by atomic mass is 9.81. The number of aryl methyl sites for hydroxylation is 1. The van der Waals surface area contributed by atoms with E-state index in [1.54, 1.807) is 12.1 Å². The van der Waals surface area contributed by atoms with Crippen molar-refractivity contribution >= 4 is 17.5 Å². The van der Waals surface area contributed by atoms with Gasteiger partial charge in [0.05, 0.1) is 10.3 Å². The molecule has 2 aliphatic rings. The minimum atomic E-state index is -0.710. The van der Waals surface area contributed by atoms with Gasteiger partial charge in [-0.25, -0.2) is 9.97 Å². The predicted octanol–water partition coefficient (Wildman–Crippen LogP) is 3.31. The van der Waals surface area contributed by atoms with Gasteiger partial charge < -0.3 is 10.0 Å². The van der Waals surface area contributed by atoms with E-state index in [0.717, 1.165) is 30.8 Å². The number of rotatable bonds is 5. The number of fused-ring (bicyclic) bond motifs is 1. The van der Waals surface area contributed by atoms with Crippen molar-refractivity contribution in [3.63, 3.8) is 0 Å². The van der Waals surface area contributed by atoms with Gasteiger partial charge in [0, 0.05) is 42.5 Å². The highest BCUT2D eigenvalue weighted by atomic mass is 16.6. The molecule has 2 atom stereocenters. The molecule has 8 nitrogen and oxygen atoms in total. The van der Waals surface area contributed by atoms with Crippen molar-refractivity contribution in [2.75, 3.05) is 18.0 Å². The smallest absolute Gasteiger partial charge is 0.311 e. The molecule has 0 spiro atoms. The number of aromatic nitrogens is 2. The summed E-state index contributed by atoms with van der Waals surface area (Å²) in [5.74, 6) is 0.673. The van der Waals surface area contributed by atoms with Crippen molar-refractivity contribution in [2.45, 2.75) is 32.6 Å². The van der Waals surface area contributed by atoms with Crippen LogP contribution >= 0.6 is 0 Å². The number of nitro groups is 1. The molecule has 1 aliphatic carbocycles. The topological polar surface area (TPSA) is 109 Å². The third-order valence-corrected chi connectivity index (χ3v) is 6.08. The molecule has 8 heteroatoms. The van der Waals surface area contributed by atoms with Gasteiger partial charge in [0.2, 0.25) is 0 Å². The molecule has 4 rings (SSSR count). The maximum atomic E-state index is 12.0. The summed E-state index contributed by atoms with van der Waals surface area (Å²) in [5, 5.41) is 20.7. The molecule has 1 saturated carbocycles. The summed E-state index contributed by atoms with van der Waals surface area (Å²) in [6.07, 6.45) is 3.33. The highest BCUT2D eigenvalue weighted by Crippen LogP contribution is 2.49. The Morgan fingerprint density at radius 3 is 2.71 bits per heavy atom. The first-order valence-corrected chi connectivity index (χ1v) is 9.54. The van der Waals surface area contributed by atoms with Crippen LogP contribution in [0, 0.1) is 21.4 Å². The first-order valence-electron chi connectivity index (χ1n) is 9.54. The number of nitrogens with zero attached hydrogens (tertiary/aromatic N) is 4. The fourth-order valence-corrected chi connectivity index (χ4v) is 4.50. The average Bonchev–Trinajstić information content (AvgIpc) is 3.26. The zero-order valence-corrected chi connectivity index (χ0v) is 15.7. The Morgan fingerprint density at radius 1 is 1.36 bits per heavy atom. The van der Waals surface area contributed by atoms with Crippen molar-refractivity contribution in [3.8, 4) is 11.4 Å². The average molecular weight is 382 g/mol. The van der Waals surface area contributed by atoms with Gasteiger partial charge in [-0.3, -0.25) is 14.9 Å². The Balaban J connectivity index is 1.68. The number of hydrogen-bond donors (Lipinski definition) is 1. The molecule has 2 fully saturated rings. The highest BCUT2D eigenvalue weighted by molar-refractivity contribution is 5.78. The van der Waals surface area contributed by atoms with Gasteiger partial charge >= 0.3 is 5.97 Å². The van der Waals surface area contributed by atoms with Crippen LogP contribution in [0.3, 0.4) is 0 Å². The fourth-order valence-electron chi connectivity index (χ4n) is 4.50. The van der Waals surface area contributed by atoms with Crippen molar-refractivity contribution in [1.82, 2.24) is 9.97 Å². The molecule has 0 unspecified atom stereocenters. The van der Waals surface area contributed by atoms with Crippen molar-refractivity contribution in [1.29, 1.82) is 0 Å². The van der Waals surface area contributed by atoms with Crippen molar-refractivity contribution in [3.05, 3.63) is 46.1 Å². The van der Waals surface area contributed by atoms with Crippen LogP contribution in [0.15, 0.2) is 30.3 Å². The summed E-state index contributed by atoms with van der Waals surface area (Å²) < 4.78 is 0.